The second-order valence-corrected chi connectivity index (χ2v) is 6.61. The van der Waals surface area contributed by atoms with E-state index in [1.165, 1.54) is 11.8 Å². The Morgan fingerprint density at radius 1 is 1.20 bits per heavy atom. The number of hydrogen-bond acceptors (Lipinski definition) is 6. The minimum Gasteiger partial charge on any atom is -0.480 e. The van der Waals surface area contributed by atoms with E-state index in [1.807, 2.05) is 19.9 Å². The van der Waals surface area contributed by atoms with Crippen LogP contribution < -0.4 is 16.4 Å². The van der Waals surface area contributed by atoms with Crippen LogP contribution in [-0.2, 0) is 19.2 Å². The fourth-order valence-electron chi connectivity index (χ4n) is 1.56. The van der Waals surface area contributed by atoms with E-state index in [1.54, 1.807) is 0 Å². The molecule has 0 aromatic heterocycles. The van der Waals surface area contributed by atoms with Gasteiger partial charge in [-0.05, 0) is 20.3 Å². The van der Waals surface area contributed by atoms with Gasteiger partial charge in [0, 0.05) is 17.9 Å². The number of nitrogens with one attached hydrogen (secondary N) is 2. The van der Waals surface area contributed by atoms with Crippen LogP contribution >= 0.6 is 11.8 Å². The van der Waals surface area contributed by atoms with Crippen molar-refractivity contribution in [2.45, 2.75) is 38.8 Å². The van der Waals surface area contributed by atoms with Gasteiger partial charge >= 0.3 is 11.9 Å². The molecule has 0 saturated carbocycles. The zero-order valence-corrected chi connectivity index (χ0v) is 15.1. The highest BCUT2D eigenvalue weighted by molar-refractivity contribution is 7.99. The lowest BCUT2D eigenvalue weighted by molar-refractivity contribution is -0.139. The molecule has 0 radical (unpaired) electrons. The summed E-state index contributed by atoms with van der Waals surface area (Å²) in [4.78, 5) is 45.1. The van der Waals surface area contributed by atoms with Gasteiger partial charge in [0.15, 0.2) is 0 Å². The molecule has 9 nitrogen and oxygen atoms in total. The molecule has 6 N–H and O–H groups in total. The lowest BCUT2D eigenvalue weighted by atomic mass is 10.1. The molecule has 0 spiro atoms. The fourth-order valence-corrected chi connectivity index (χ4v) is 2.61. The van der Waals surface area contributed by atoms with Crippen molar-refractivity contribution in [1.29, 1.82) is 0 Å². The molecule has 0 rings (SSSR count). The highest BCUT2D eigenvalue weighted by atomic mass is 32.2. The minimum absolute atomic E-state index is 0.0600. The Hall–Kier alpha value is -2.07. The molecule has 0 aromatic rings. The molecule has 0 saturated heterocycles. The molecule has 0 unspecified atom stereocenters. The zero-order chi connectivity index (χ0) is 19.4. The summed E-state index contributed by atoms with van der Waals surface area (Å²) in [6.07, 6.45) is 1.76. The summed E-state index contributed by atoms with van der Waals surface area (Å²) in [6.45, 7) is 3.32. The third-order valence-electron chi connectivity index (χ3n) is 2.96. The average Bonchev–Trinajstić information content (AvgIpc) is 2.52. The van der Waals surface area contributed by atoms with Crippen molar-refractivity contribution in [2.75, 3.05) is 18.1 Å². The number of hydrogen-bond donors (Lipinski definition) is 5. The van der Waals surface area contributed by atoms with E-state index < -0.39 is 42.4 Å². The maximum atomic E-state index is 12.0. The van der Waals surface area contributed by atoms with Crippen LogP contribution in [0.4, 0.5) is 0 Å². The van der Waals surface area contributed by atoms with Gasteiger partial charge in [0.25, 0.3) is 0 Å². The van der Waals surface area contributed by atoms with Crippen LogP contribution in [0.15, 0.2) is 11.6 Å². The predicted molar refractivity (Wildman–Crippen MR) is 94.2 cm³/mol. The summed E-state index contributed by atoms with van der Waals surface area (Å²) in [7, 11) is 0. The number of allylic oxidation sites excluding steroid dienone is 1. The lowest BCUT2D eigenvalue weighted by Gasteiger charge is -2.18. The first-order chi connectivity index (χ1) is 11.6. The number of carboxylic acid groups (broad SMARTS) is 2. The van der Waals surface area contributed by atoms with Gasteiger partial charge in [-0.1, -0.05) is 11.6 Å². The standard InChI is InChI=1S/C15H25N3O6S/c1-9(2)5-6-25-8-11(14(22)17-7-13(20)21)18-12(19)4-3-10(16)15(23)24/h5,10-11H,3-4,6-8,16H2,1-2H3,(H,17,22)(H,18,19)(H,20,21)(H,23,24)/t10-,11-/m0/s1. The summed E-state index contributed by atoms with van der Waals surface area (Å²) >= 11 is 1.41. The second-order valence-electron chi connectivity index (χ2n) is 5.53. The van der Waals surface area contributed by atoms with Gasteiger partial charge in [0.2, 0.25) is 11.8 Å². The average molecular weight is 375 g/mol. The highest BCUT2D eigenvalue weighted by Gasteiger charge is 2.22. The molecule has 0 aliphatic heterocycles. The number of carbonyl (C=O) groups is 4. The Labute approximate surface area is 150 Å². The third kappa shape index (κ3) is 12.0. The Morgan fingerprint density at radius 3 is 2.36 bits per heavy atom. The lowest BCUT2D eigenvalue weighted by Crippen LogP contribution is -2.49. The zero-order valence-electron chi connectivity index (χ0n) is 14.3. The summed E-state index contributed by atoms with van der Waals surface area (Å²) < 4.78 is 0. The first-order valence-corrected chi connectivity index (χ1v) is 8.77. The van der Waals surface area contributed by atoms with Crippen molar-refractivity contribution < 1.29 is 29.4 Å². The third-order valence-corrected chi connectivity index (χ3v) is 3.93. The van der Waals surface area contributed by atoms with Crippen LogP contribution in [0.3, 0.4) is 0 Å². The quantitative estimate of drug-likeness (QED) is 0.227. The van der Waals surface area contributed by atoms with Crippen LogP contribution in [-0.4, -0.2) is 64.1 Å². The topological polar surface area (TPSA) is 159 Å². The fraction of sp³-hybridized carbons (Fsp3) is 0.600. The number of thioether (sulfide) groups is 1. The maximum Gasteiger partial charge on any atom is 0.322 e. The van der Waals surface area contributed by atoms with Crippen molar-refractivity contribution in [3.63, 3.8) is 0 Å². The molecule has 142 valence electrons. The minimum atomic E-state index is -1.21. The first-order valence-electron chi connectivity index (χ1n) is 7.61. The summed E-state index contributed by atoms with van der Waals surface area (Å²) in [5.74, 6) is -2.63. The van der Waals surface area contributed by atoms with E-state index in [0.29, 0.717) is 5.75 Å². The van der Waals surface area contributed by atoms with Gasteiger partial charge in [-0.15, -0.1) is 0 Å². The van der Waals surface area contributed by atoms with Crippen molar-refractivity contribution in [1.82, 2.24) is 10.6 Å². The largest absolute Gasteiger partial charge is 0.480 e. The first kappa shape index (κ1) is 22.9. The summed E-state index contributed by atoms with van der Waals surface area (Å²) in [5.41, 5.74) is 6.44. The summed E-state index contributed by atoms with van der Waals surface area (Å²) in [6, 6.07) is -2.07. The van der Waals surface area contributed by atoms with Gasteiger partial charge in [-0.3, -0.25) is 19.2 Å². The molecule has 10 heteroatoms. The van der Waals surface area contributed by atoms with E-state index in [9.17, 15) is 19.2 Å². The van der Waals surface area contributed by atoms with Crippen LogP contribution in [0.1, 0.15) is 26.7 Å². The van der Waals surface area contributed by atoms with E-state index >= 15 is 0 Å². The van der Waals surface area contributed by atoms with Gasteiger partial charge in [0.05, 0.1) is 0 Å². The smallest absolute Gasteiger partial charge is 0.322 e. The number of amides is 2. The SMILES string of the molecule is CC(C)=CCSC[C@H](NC(=O)CC[C@H](N)C(=O)O)C(=O)NCC(=O)O. The van der Waals surface area contributed by atoms with Crippen molar-refractivity contribution >= 4 is 35.5 Å². The van der Waals surface area contributed by atoms with Gasteiger partial charge in [-0.25, -0.2) is 0 Å². The molecule has 0 aliphatic rings. The Bertz CT molecular complexity index is 519. The second kappa shape index (κ2) is 12.3. The molecule has 0 bridgehead atoms. The maximum absolute atomic E-state index is 12.0. The Balaban J connectivity index is 4.61. The monoisotopic (exact) mass is 375 g/mol. The highest BCUT2D eigenvalue weighted by Crippen LogP contribution is 2.06. The number of carbonyl (C=O) groups excluding carboxylic acids is 2. The van der Waals surface area contributed by atoms with Crippen molar-refractivity contribution in [3.05, 3.63) is 11.6 Å². The molecule has 0 aromatic carbocycles. The van der Waals surface area contributed by atoms with Crippen LogP contribution in [0.25, 0.3) is 0 Å². The number of nitrogens with two attached hydrogens (primary N) is 1. The van der Waals surface area contributed by atoms with Crippen LogP contribution in [0, 0.1) is 0 Å². The van der Waals surface area contributed by atoms with E-state index in [4.69, 9.17) is 15.9 Å². The molecule has 25 heavy (non-hydrogen) atoms. The van der Waals surface area contributed by atoms with Gasteiger partial charge in [0.1, 0.15) is 18.6 Å². The molecular formula is C15H25N3O6S. The number of carboxylic acids is 2. The van der Waals surface area contributed by atoms with E-state index in [0.717, 1.165) is 5.57 Å². The van der Waals surface area contributed by atoms with E-state index in [-0.39, 0.29) is 18.6 Å². The van der Waals surface area contributed by atoms with Crippen LogP contribution in [0.2, 0.25) is 0 Å². The van der Waals surface area contributed by atoms with Crippen molar-refractivity contribution in [3.8, 4) is 0 Å². The Kier molecular flexibility index (Phi) is 11.3. The normalized spacial score (nSPS) is 12.6. The molecule has 0 fully saturated rings. The number of aliphatic carboxylic acids is 2. The van der Waals surface area contributed by atoms with Gasteiger partial charge < -0.3 is 26.6 Å². The molecule has 0 heterocycles. The molecule has 2 amide bonds. The molecule has 2 atom stereocenters. The molecular weight excluding hydrogens is 350 g/mol. The number of rotatable bonds is 12. The van der Waals surface area contributed by atoms with Crippen LogP contribution in [0.5, 0.6) is 0 Å². The summed E-state index contributed by atoms with van der Waals surface area (Å²) in [5, 5.41) is 22.0. The van der Waals surface area contributed by atoms with Gasteiger partial charge in [-0.2, -0.15) is 11.8 Å². The predicted octanol–water partition coefficient (Wildman–Crippen LogP) is -0.436. The molecule has 0 aliphatic carbocycles. The van der Waals surface area contributed by atoms with E-state index in [2.05, 4.69) is 10.6 Å². The Morgan fingerprint density at radius 2 is 1.84 bits per heavy atom. The van der Waals surface area contributed by atoms with Crippen molar-refractivity contribution in [2.24, 2.45) is 5.73 Å².